The summed E-state index contributed by atoms with van der Waals surface area (Å²) >= 11 is 3.17. The van der Waals surface area contributed by atoms with Gasteiger partial charge in [0.15, 0.2) is 0 Å². The molecule has 21 heavy (non-hydrogen) atoms. The zero-order valence-corrected chi connectivity index (χ0v) is 12.4. The van der Waals surface area contributed by atoms with Gasteiger partial charge in [-0.15, -0.1) is 0 Å². The maximum atomic E-state index is 11.8. The molecule has 0 atom stereocenters. The van der Waals surface area contributed by atoms with Gasteiger partial charge in [0.25, 0.3) is 11.6 Å². The van der Waals surface area contributed by atoms with Gasteiger partial charge in [-0.05, 0) is 22.9 Å². The van der Waals surface area contributed by atoms with E-state index in [1.54, 1.807) is 19.1 Å². The number of nitro groups is 1. The predicted molar refractivity (Wildman–Crippen MR) is 79.1 cm³/mol. The molecule has 2 rings (SSSR count). The first-order valence-corrected chi connectivity index (χ1v) is 6.56. The highest BCUT2D eigenvalue weighted by atomic mass is 79.9. The number of nitrogens with one attached hydrogen (secondary N) is 2. The summed E-state index contributed by atoms with van der Waals surface area (Å²) in [5, 5.41) is 20.9. The van der Waals surface area contributed by atoms with Gasteiger partial charge < -0.3 is 0 Å². The number of benzene rings is 1. The van der Waals surface area contributed by atoms with Crippen molar-refractivity contribution >= 4 is 33.2 Å². The minimum atomic E-state index is -0.489. The monoisotopic (exact) mass is 351 g/mol. The highest BCUT2D eigenvalue weighted by Gasteiger charge is 2.12. The standard InChI is InChI=1S/C12H10BrN5O3/c1-7(8-3-2-4-9(5-8)18(20)21)15-17-12(19)11-10(13)6-14-16-11/h2-6H,1H3,(H,14,16)(H,17,19). The summed E-state index contributed by atoms with van der Waals surface area (Å²) in [7, 11) is 0. The first-order valence-electron chi connectivity index (χ1n) is 5.77. The van der Waals surface area contributed by atoms with Crippen molar-refractivity contribution in [1.29, 1.82) is 0 Å². The zero-order valence-electron chi connectivity index (χ0n) is 10.8. The topological polar surface area (TPSA) is 113 Å². The second-order valence-corrected chi connectivity index (χ2v) is 4.89. The number of H-pyrrole nitrogens is 1. The number of carbonyl (C=O) groups is 1. The first kappa shape index (κ1) is 14.9. The molecule has 0 aliphatic carbocycles. The number of halogens is 1. The van der Waals surface area contributed by atoms with Gasteiger partial charge in [0, 0.05) is 17.7 Å². The fraction of sp³-hybridized carbons (Fsp3) is 0.0833. The van der Waals surface area contributed by atoms with Crippen LogP contribution in [0.3, 0.4) is 0 Å². The van der Waals surface area contributed by atoms with Crippen molar-refractivity contribution in [3.05, 3.63) is 56.3 Å². The summed E-state index contributed by atoms with van der Waals surface area (Å²) in [5.74, 6) is -0.468. The first-order chi connectivity index (χ1) is 9.99. The van der Waals surface area contributed by atoms with E-state index in [-0.39, 0.29) is 11.4 Å². The summed E-state index contributed by atoms with van der Waals surface area (Å²) in [6, 6.07) is 6.00. The Morgan fingerprint density at radius 2 is 2.29 bits per heavy atom. The van der Waals surface area contributed by atoms with E-state index in [0.717, 1.165) is 0 Å². The van der Waals surface area contributed by atoms with Crippen molar-refractivity contribution in [3.8, 4) is 0 Å². The molecule has 0 saturated heterocycles. The molecule has 0 saturated carbocycles. The Morgan fingerprint density at radius 3 is 2.90 bits per heavy atom. The molecular weight excluding hydrogens is 342 g/mol. The third-order valence-electron chi connectivity index (χ3n) is 2.62. The lowest BCUT2D eigenvalue weighted by molar-refractivity contribution is -0.384. The number of hydrogen-bond acceptors (Lipinski definition) is 5. The van der Waals surface area contributed by atoms with E-state index in [0.29, 0.717) is 15.7 Å². The molecule has 108 valence electrons. The third kappa shape index (κ3) is 3.51. The Bertz CT molecular complexity index is 725. The smallest absolute Gasteiger partial charge is 0.272 e. The van der Waals surface area contributed by atoms with Crippen LogP contribution in [0.1, 0.15) is 23.0 Å². The average Bonchev–Trinajstić information content (AvgIpc) is 2.90. The van der Waals surface area contributed by atoms with Crippen LogP contribution in [-0.2, 0) is 0 Å². The van der Waals surface area contributed by atoms with Crippen LogP contribution in [0.4, 0.5) is 5.69 Å². The maximum absolute atomic E-state index is 11.8. The van der Waals surface area contributed by atoms with Crippen molar-refractivity contribution in [2.24, 2.45) is 5.10 Å². The lowest BCUT2D eigenvalue weighted by Crippen LogP contribution is -2.20. The zero-order chi connectivity index (χ0) is 15.4. The molecule has 1 heterocycles. The van der Waals surface area contributed by atoms with Gasteiger partial charge in [0.1, 0.15) is 5.69 Å². The fourth-order valence-electron chi connectivity index (χ4n) is 1.53. The molecule has 0 aliphatic rings. The second kappa shape index (κ2) is 6.27. The molecule has 0 radical (unpaired) electrons. The molecule has 2 N–H and O–H groups in total. The molecule has 2 aromatic rings. The number of non-ortho nitro benzene ring substituents is 1. The van der Waals surface area contributed by atoms with Crippen LogP contribution in [-0.4, -0.2) is 26.7 Å². The van der Waals surface area contributed by atoms with Crippen LogP contribution >= 0.6 is 15.9 Å². The molecule has 8 nitrogen and oxygen atoms in total. The van der Waals surface area contributed by atoms with Crippen LogP contribution in [0.25, 0.3) is 0 Å². The number of aromatic nitrogens is 2. The molecule has 0 fully saturated rings. The molecule has 0 spiro atoms. The largest absolute Gasteiger partial charge is 0.290 e. The summed E-state index contributed by atoms with van der Waals surface area (Å²) < 4.78 is 0.517. The molecular formula is C12H10BrN5O3. The van der Waals surface area contributed by atoms with Crippen LogP contribution in [0.2, 0.25) is 0 Å². The SMILES string of the molecule is CC(=NNC(=O)c1[nH]ncc1Br)c1cccc([N+](=O)[O-])c1. The Balaban J connectivity index is 2.14. The second-order valence-electron chi connectivity index (χ2n) is 4.04. The average molecular weight is 352 g/mol. The number of nitrogens with zero attached hydrogens (tertiary/aromatic N) is 3. The number of hydrogen-bond donors (Lipinski definition) is 2. The van der Waals surface area contributed by atoms with Gasteiger partial charge in [-0.25, -0.2) is 5.43 Å². The van der Waals surface area contributed by atoms with Crippen molar-refractivity contribution in [2.75, 3.05) is 0 Å². The van der Waals surface area contributed by atoms with E-state index >= 15 is 0 Å². The Morgan fingerprint density at radius 1 is 1.52 bits per heavy atom. The summed E-state index contributed by atoms with van der Waals surface area (Å²) in [6.45, 7) is 1.64. The quantitative estimate of drug-likeness (QED) is 0.499. The molecule has 1 aromatic heterocycles. The molecule has 1 amide bonds. The minimum Gasteiger partial charge on any atom is -0.272 e. The Kier molecular flexibility index (Phi) is 4.43. The van der Waals surface area contributed by atoms with Crippen LogP contribution in [0.5, 0.6) is 0 Å². The molecule has 0 bridgehead atoms. The van der Waals surface area contributed by atoms with Gasteiger partial charge in [0.2, 0.25) is 0 Å². The number of rotatable bonds is 4. The summed E-state index contributed by atoms with van der Waals surface area (Å²) in [5.41, 5.74) is 3.55. The van der Waals surface area contributed by atoms with E-state index in [1.807, 2.05) is 0 Å². The van der Waals surface area contributed by atoms with Gasteiger partial charge in [-0.3, -0.25) is 20.0 Å². The maximum Gasteiger partial charge on any atom is 0.290 e. The number of hydrazone groups is 1. The molecule has 0 unspecified atom stereocenters. The van der Waals surface area contributed by atoms with Crippen molar-refractivity contribution in [3.63, 3.8) is 0 Å². The molecule has 1 aromatic carbocycles. The highest BCUT2D eigenvalue weighted by molar-refractivity contribution is 9.10. The van der Waals surface area contributed by atoms with E-state index in [2.05, 4.69) is 36.7 Å². The van der Waals surface area contributed by atoms with Gasteiger partial charge in [-0.1, -0.05) is 12.1 Å². The normalized spacial score (nSPS) is 11.2. The van der Waals surface area contributed by atoms with Crippen LogP contribution in [0.15, 0.2) is 40.0 Å². The van der Waals surface area contributed by atoms with Crippen molar-refractivity contribution in [1.82, 2.24) is 15.6 Å². The molecule has 0 aliphatic heterocycles. The lowest BCUT2D eigenvalue weighted by atomic mass is 10.1. The van der Waals surface area contributed by atoms with Crippen LogP contribution in [0, 0.1) is 10.1 Å². The summed E-state index contributed by atoms with van der Waals surface area (Å²) in [6.07, 6.45) is 1.45. The van der Waals surface area contributed by atoms with Crippen molar-refractivity contribution < 1.29 is 9.72 Å². The number of aromatic amines is 1. The molecule has 9 heteroatoms. The van der Waals surface area contributed by atoms with E-state index in [1.165, 1.54) is 18.3 Å². The number of nitro benzene ring substituents is 1. The van der Waals surface area contributed by atoms with Crippen molar-refractivity contribution in [2.45, 2.75) is 6.92 Å². The van der Waals surface area contributed by atoms with E-state index in [9.17, 15) is 14.9 Å². The number of amides is 1. The fourth-order valence-corrected chi connectivity index (χ4v) is 1.90. The summed E-state index contributed by atoms with van der Waals surface area (Å²) in [4.78, 5) is 22.0. The highest BCUT2D eigenvalue weighted by Crippen LogP contribution is 2.14. The third-order valence-corrected chi connectivity index (χ3v) is 3.22. The van der Waals surface area contributed by atoms with Gasteiger partial charge in [0.05, 0.1) is 21.3 Å². The van der Waals surface area contributed by atoms with Gasteiger partial charge in [-0.2, -0.15) is 10.2 Å². The Labute approximate surface area is 127 Å². The van der Waals surface area contributed by atoms with Crippen LogP contribution < -0.4 is 5.43 Å². The van der Waals surface area contributed by atoms with E-state index in [4.69, 9.17) is 0 Å². The predicted octanol–water partition coefficient (Wildman–Crippen LogP) is 2.23. The lowest BCUT2D eigenvalue weighted by Gasteiger charge is -2.02. The Hall–Kier alpha value is -2.55. The van der Waals surface area contributed by atoms with Gasteiger partial charge >= 0.3 is 0 Å². The van der Waals surface area contributed by atoms with E-state index < -0.39 is 10.8 Å². The number of carbonyl (C=O) groups excluding carboxylic acids is 1. The minimum absolute atomic E-state index is 0.0373.